The molecule has 1 heterocycles. The van der Waals surface area contributed by atoms with Gasteiger partial charge >= 0.3 is 0 Å². The van der Waals surface area contributed by atoms with E-state index in [4.69, 9.17) is 5.73 Å². The third-order valence-corrected chi connectivity index (χ3v) is 2.69. The minimum Gasteiger partial charge on any atom is -0.384 e. The molecule has 0 atom stereocenters. The van der Waals surface area contributed by atoms with Gasteiger partial charge in [-0.2, -0.15) is 0 Å². The summed E-state index contributed by atoms with van der Waals surface area (Å²) in [5, 5.41) is 0. The summed E-state index contributed by atoms with van der Waals surface area (Å²) in [7, 11) is 0. The van der Waals surface area contributed by atoms with Gasteiger partial charge in [-0.05, 0) is 25.3 Å². The summed E-state index contributed by atoms with van der Waals surface area (Å²) in [6.07, 6.45) is 0.922. The zero-order chi connectivity index (χ0) is 13.1. The molecular formula is C15H19N3. The third-order valence-electron chi connectivity index (χ3n) is 2.69. The van der Waals surface area contributed by atoms with Crippen LogP contribution in [0.3, 0.4) is 0 Å². The summed E-state index contributed by atoms with van der Waals surface area (Å²) in [6.45, 7) is 6.40. The van der Waals surface area contributed by atoms with E-state index in [0.29, 0.717) is 17.6 Å². The Hall–Kier alpha value is -1.90. The van der Waals surface area contributed by atoms with E-state index < -0.39 is 0 Å². The Balaban J connectivity index is 2.41. The van der Waals surface area contributed by atoms with Gasteiger partial charge in [0.1, 0.15) is 5.82 Å². The molecule has 0 saturated heterocycles. The van der Waals surface area contributed by atoms with E-state index in [1.165, 1.54) is 5.56 Å². The molecule has 0 aliphatic heterocycles. The van der Waals surface area contributed by atoms with Gasteiger partial charge in [0.15, 0.2) is 5.82 Å². The Morgan fingerprint density at radius 3 is 2.61 bits per heavy atom. The van der Waals surface area contributed by atoms with Crippen LogP contribution in [0.25, 0.3) is 11.4 Å². The van der Waals surface area contributed by atoms with Gasteiger partial charge in [0, 0.05) is 17.3 Å². The second kappa shape index (κ2) is 5.17. The predicted molar refractivity (Wildman–Crippen MR) is 75.2 cm³/mol. The highest BCUT2D eigenvalue weighted by Gasteiger charge is 2.07. The van der Waals surface area contributed by atoms with Gasteiger partial charge in [0.05, 0.1) is 0 Å². The van der Waals surface area contributed by atoms with Crippen molar-refractivity contribution in [2.45, 2.75) is 27.2 Å². The summed E-state index contributed by atoms with van der Waals surface area (Å²) in [5.41, 5.74) is 9.09. The second-order valence-electron chi connectivity index (χ2n) is 5.08. The fraction of sp³-hybridized carbons (Fsp3) is 0.333. The molecule has 3 nitrogen and oxygen atoms in total. The normalized spacial score (nSPS) is 10.9. The highest BCUT2D eigenvalue weighted by Crippen LogP contribution is 2.19. The van der Waals surface area contributed by atoms with Gasteiger partial charge in [0.2, 0.25) is 0 Å². The van der Waals surface area contributed by atoms with Crippen LogP contribution in [0.5, 0.6) is 0 Å². The van der Waals surface area contributed by atoms with Gasteiger partial charge in [-0.25, -0.2) is 9.97 Å². The van der Waals surface area contributed by atoms with E-state index in [1.54, 1.807) is 0 Å². The number of nitrogens with two attached hydrogens (primary N) is 1. The van der Waals surface area contributed by atoms with Crippen molar-refractivity contribution >= 4 is 5.82 Å². The molecule has 3 heteroatoms. The Bertz CT molecular complexity index is 547. The first-order valence-electron chi connectivity index (χ1n) is 6.25. The Morgan fingerprint density at radius 2 is 1.94 bits per heavy atom. The summed E-state index contributed by atoms with van der Waals surface area (Å²) in [4.78, 5) is 8.91. The second-order valence-corrected chi connectivity index (χ2v) is 5.08. The van der Waals surface area contributed by atoms with Gasteiger partial charge in [0.25, 0.3) is 0 Å². The number of aryl methyl sites for hydroxylation is 1. The van der Waals surface area contributed by atoms with Crippen LogP contribution in [-0.4, -0.2) is 9.97 Å². The van der Waals surface area contributed by atoms with Crippen LogP contribution < -0.4 is 5.73 Å². The molecule has 0 aliphatic rings. The fourth-order valence-electron chi connectivity index (χ4n) is 1.95. The lowest BCUT2D eigenvalue weighted by Gasteiger charge is -2.08. The molecule has 2 N–H and O–H groups in total. The maximum atomic E-state index is 5.86. The topological polar surface area (TPSA) is 51.8 Å². The number of nitrogen functional groups attached to an aromatic ring is 1. The molecule has 1 aromatic heterocycles. The molecule has 0 fully saturated rings. The summed E-state index contributed by atoms with van der Waals surface area (Å²) >= 11 is 0. The first-order valence-corrected chi connectivity index (χ1v) is 6.25. The smallest absolute Gasteiger partial charge is 0.161 e. The van der Waals surface area contributed by atoms with Crippen LogP contribution >= 0.6 is 0 Å². The van der Waals surface area contributed by atoms with Crippen molar-refractivity contribution < 1.29 is 0 Å². The molecule has 0 spiro atoms. The average molecular weight is 241 g/mol. The van der Waals surface area contributed by atoms with Crippen molar-refractivity contribution in [2.75, 3.05) is 5.73 Å². The number of hydrogen-bond acceptors (Lipinski definition) is 3. The SMILES string of the molecule is Cc1cccc(-c2nc(N)cc(CC(C)C)n2)c1. The summed E-state index contributed by atoms with van der Waals surface area (Å²) in [6, 6.07) is 10.0. The number of aromatic nitrogens is 2. The Kier molecular flexibility index (Phi) is 3.60. The number of nitrogens with zero attached hydrogens (tertiary/aromatic N) is 2. The maximum Gasteiger partial charge on any atom is 0.161 e. The molecule has 0 bridgehead atoms. The molecule has 2 aromatic rings. The van der Waals surface area contributed by atoms with Crippen molar-refractivity contribution in [3.63, 3.8) is 0 Å². The van der Waals surface area contributed by atoms with E-state index in [2.05, 4.69) is 42.9 Å². The zero-order valence-electron chi connectivity index (χ0n) is 11.1. The molecule has 0 radical (unpaired) electrons. The largest absolute Gasteiger partial charge is 0.384 e. The van der Waals surface area contributed by atoms with Crippen LogP contribution in [-0.2, 0) is 6.42 Å². The standard InChI is InChI=1S/C15H19N3/c1-10(2)7-13-9-14(16)18-15(17-13)12-6-4-5-11(3)8-12/h4-6,8-10H,7H2,1-3H3,(H2,16,17,18). The molecule has 1 aromatic carbocycles. The van der Waals surface area contributed by atoms with Gasteiger partial charge < -0.3 is 5.73 Å². The lowest BCUT2D eigenvalue weighted by atomic mass is 10.1. The highest BCUT2D eigenvalue weighted by atomic mass is 14.9. The molecule has 18 heavy (non-hydrogen) atoms. The minimum atomic E-state index is 0.539. The van der Waals surface area contributed by atoms with E-state index >= 15 is 0 Å². The molecule has 0 aliphatic carbocycles. The molecular weight excluding hydrogens is 222 g/mol. The number of hydrogen-bond donors (Lipinski definition) is 1. The van der Waals surface area contributed by atoms with Gasteiger partial charge in [-0.1, -0.05) is 37.6 Å². The first-order chi connectivity index (χ1) is 8.54. The van der Waals surface area contributed by atoms with Crippen LogP contribution in [0.1, 0.15) is 25.1 Å². The maximum absolute atomic E-state index is 5.86. The predicted octanol–water partition coefficient (Wildman–Crippen LogP) is 3.23. The average Bonchev–Trinajstić information content (AvgIpc) is 2.27. The van der Waals surface area contributed by atoms with Gasteiger partial charge in [-0.15, -0.1) is 0 Å². The molecule has 2 rings (SSSR count). The van der Waals surface area contributed by atoms with Gasteiger partial charge in [-0.3, -0.25) is 0 Å². The molecule has 0 saturated carbocycles. The van der Waals surface area contributed by atoms with E-state index in [9.17, 15) is 0 Å². The number of rotatable bonds is 3. The number of benzene rings is 1. The Morgan fingerprint density at radius 1 is 1.17 bits per heavy atom. The summed E-state index contributed by atoms with van der Waals surface area (Å²) in [5.74, 6) is 1.82. The minimum absolute atomic E-state index is 0.539. The molecule has 0 unspecified atom stereocenters. The molecule has 94 valence electrons. The van der Waals surface area contributed by atoms with Crippen molar-refractivity contribution in [1.29, 1.82) is 0 Å². The fourth-order valence-corrected chi connectivity index (χ4v) is 1.95. The van der Waals surface area contributed by atoms with Crippen LogP contribution in [0.2, 0.25) is 0 Å². The monoisotopic (exact) mass is 241 g/mol. The Labute approximate surface area is 108 Å². The first kappa shape index (κ1) is 12.6. The van der Waals surface area contributed by atoms with Crippen molar-refractivity contribution in [3.05, 3.63) is 41.6 Å². The van der Waals surface area contributed by atoms with E-state index in [-0.39, 0.29) is 0 Å². The lowest BCUT2D eigenvalue weighted by Crippen LogP contribution is -2.03. The van der Waals surface area contributed by atoms with Crippen LogP contribution in [0.15, 0.2) is 30.3 Å². The van der Waals surface area contributed by atoms with Crippen molar-refractivity contribution in [2.24, 2.45) is 5.92 Å². The van der Waals surface area contributed by atoms with E-state index in [1.807, 2.05) is 18.2 Å². The number of anilines is 1. The van der Waals surface area contributed by atoms with Crippen LogP contribution in [0, 0.1) is 12.8 Å². The van der Waals surface area contributed by atoms with Crippen molar-refractivity contribution in [3.8, 4) is 11.4 Å². The van der Waals surface area contributed by atoms with Crippen LogP contribution in [0.4, 0.5) is 5.82 Å². The summed E-state index contributed by atoms with van der Waals surface area (Å²) < 4.78 is 0. The lowest BCUT2D eigenvalue weighted by molar-refractivity contribution is 0.635. The zero-order valence-corrected chi connectivity index (χ0v) is 11.1. The van der Waals surface area contributed by atoms with E-state index in [0.717, 1.165) is 17.7 Å². The quantitative estimate of drug-likeness (QED) is 0.897. The third kappa shape index (κ3) is 3.06. The van der Waals surface area contributed by atoms with Crippen molar-refractivity contribution in [1.82, 2.24) is 9.97 Å². The highest BCUT2D eigenvalue weighted by molar-refractivity contribution is 5.57. The molecule has 0 amide bonds.